The summed E-state index contributed by atoms with van der Waals surface area (Å²) >= 11 is 1.63. The molecule has 3 aliphatic rings. The van der Waals surface area contributed by atoms with Gasteiger partial charge in [-0.3, -0.25) is 14.4 Å². The maximum Gasteiger partial charge on any atom is 0.311 e. The number of aliphatic hydroxyl groups is 1. The summed E-state index contributed by atoms with van der Waals surface area (Å²) in [6, 6.07) is 7.81. The van der Waals surface area contributed by atoms with Crippen LogP contribution in [0.4, 0.5) is 0 Å². The molecule has 0 saturated carbocycles. The van der Waals surface area contributed by atoms with Gasteiger partial charge in [-0.1, -0.05) is 55.8 Å². The van der Waals surface area contributed by atoms with Crippen LogP contribution in [-0.2, 0) is 19.1 Å². The molecule has 0 radical (unpaired) electrons. The number of rotatable bonds is 14. The van der Waals surface area contributed by atoms with Crippen molar-refractivity contribution in [2.45, 2.75) is 86.9 Å². The van der Waals surface area contributed by atoms with Gasteiger partial charge in [0.2, 0.25) is 11.8 Å². The van der Waals surface area contributed by atoms with Crippen molar-refractivity contribution in [2.75, 3.05) is 19.8 Å². The molecule has 1 aromatic rings. The molecule has 1 N–H and O–H groups in total. The van der Waals surface area contributed by atoms with E-state index in [1.54, 1.807) is 28.8 Å². The van der Waals surface area contributed by atoms with E-state index in [9.17, 15) is 19.5 Å². The molecule has 40 heavy (non-hydrogen) atoms. The zero-order valence-corrected chi connectivity index (χ0v) is 24.9. The lowest BCUT2D eigenvalue weighted by Gasteiger charge is -2.41. The Labute approximate surface area is 243 Å². The third kappa shape index (κ3) is 5.13. The zero-order chi connectivity index (χ0) is 29.1. The van der Waals surface area contributed by atoms with Crippen LogP contribution in [0.1, 0.15) is 70.9 Å². The fraction of sp³-hybridized carbons (Fsp3) is 0.594. The zero-order valence-electron chi connectivity index (χ0n) is 24.1. The molecule has 3 aliphatic heterocycles. The Morgan fingerprint density at radius 1 is 1.25 bits per heavy atom. The Morgan fingerprint density at radius 3 is 2.60 bits per heavy atom. The number of ether oxygens (including phenoxy) is 1. The molecule has 7 atom stereocenters. The summed E-state index contributed by atoms with van der Waals surface area (Å²) in [5, 5.41) is 10.7. The number of carbonyl (C=O) groups excluding carboxylic acids is 3. The fourth-order valence-corrected chi connectivity index (χ4v) is 9.54. The number of benzene rings is 1. The maximum absolute atomic E-state index is 14.7. The van der Waals surface area contributed by atoms with Gasteiger partial charge in [0.25, 0.3) is 0 Å². The molecule has 1 aromatic carbocycles. The molecular weight excluding hydrogens is 524 g/mol. The molecule has 1 spiro atoms. The quantitative estimate of drug-likeness (QED) is 0.195. The van der Waals surface area contributed by atoms with E-state index < -0.39 is 33.4 Å². The van der Waals surface area contributed by atoms with Crippen molar-refractivity contribution in [1.82, 2.24) is 9.80 Å². The first-order valence-corrected chi connectivity index (χ1v) is 15.4. The van der Waals surface area contributed by atoms with Gasteiger partial charge in [0.15, 0.2) is 0 Å². The average Bonchev–Trinajstić information content (AvgIpc) is 3.51. The molecule has 3 unspecified atom stereocenters. The monoisotopic (exact) mass is 568 g/mol. The molecule has 3 fully saturated rings. The van der Waals surface area contributed by atoms with E-state index in [0.717, 1.165) is 24.8 Å². The summed E-state index contributed by atoms with van der Waals surface area (Å²) < 4.78 is 4.45. The molecule has 0 aromatic heterocycles. The van der Waals surface area contributed by atoms with E-state index in [0.29, 0.717) is 25.8 Å². The SMILES string of the molecule is C=CCCCOC(=O)[C@@H]1[C@H]2C(=O)N([C@H](CO)c3ccccc3)C(C(=O)N(CC=C)C(C)CCC)C23CC[C@@]1(C)S3. The van der Waals surface area contributed by atoms with Crippen molar-refractivity contribution < 1.29 is 24.2 Å². The Morgan fingerprint density at radius 2 is 1.98 bits per heavy atom. The van der Waals surface area contributed by atoms with Gasteiger partial charge in [-0.05, 0) is 51.5 Å². The number of hydrogen-bond donors (Lipinski definition) is 1. The number of carbonyl (C=O) groups is 3. The van der Waals surface area contributed by atoms with Crippen LogP contribution in [0.3, 0.4) is 0 Å². The molecule has 2 bridgehead atoms. The van der Waals surface area contributed by atoms with Crippen molar-refractivity contribution in [3.05, 3.63) is 61.2 Å². The molecule has 0 aliphatic carbocycles. The molecule has 7 nitrogen and oxygen atoms in total. The van der Waals surface area contributed by atoms with Crippen LogP contribution < -0.4 is 0 Å². The van der Waals surface area contributed by atoms with E-state index >= 15 is 0 Å². The topological polar surface area (TPSA) is 87.1 Å². The van der Waals surface area contributed by atoms with E-state index in [1.165, 1.54) is 0 Å². The van der Waals surface area contributed by atoms with Gasteiger partial charge >= 0.3 is 5.97 Å². The Kier molecular flexibility index (Phi) is 9.51. The van der Waals surface area contributed by atoms with Crippen LogP contribution in [0, 0.1) is 11.8 Å². The van der Waals surface area contributed by atoms with Gasteiger partial charge in [-0.15, -0.1) is 24.9 Å². The number of esters is 1. The highest BCUT2D eigenvalue weighted by atomic mass is 32.2. The van der Waals surface area contributed by atoms with Crippen LogP contribution in [0.5, 0.6) is 0 Å². The first kappa shape index (κ1) is 30.4. The highest BCUT2D eigenvalue weighted by Crippen LogP contribution is 2.72. The van der Waals surface area contributed by atoms with Gasteiger partial charge < -0.3 is 19.6 Å². The highest BCUT2D eigenvalue weighted by Gasteiger charge is 2.78. The lowest BCUT2D eigenvalue weighted by Crippen LogP contribution is -2.57. The van der Waals surface area contributed by atoms with Gasteiger partial charge in [0.1, 0.15) is 6.04 Å². The maximum atomic E-state index is 14.7. The van der Waals surface area contributed by atoms with Crippen LogP contribution in [0.2, 0.25) is 0 Å². The third-order valence-corrected chi connectivity index (χ3v) is 11.0. The summed E-state index contributed by atoms with van der Waals surface area (Å²) in [7, 11) is 0. The normalized spacial score (nSPS) is 30.1. The average molecular weight is 569 g/mol. The van der Waals surface area contributed by atoms with E-state index in [4.69, 9.17) is 4.74 Å². The van der Waals surface area contributed by atoms with Gasteiger partial charge in [-0.2, -0.15) is 0 Å². The minimum absolute atomic E-state index is 0.0444. The van der Waals surface area contributed by atoms with Crippen molar-refractivity contribution in [2.24, 2.45) is 11.8 Å². The standard InChI is InChI=1S/C32H44N2O5S/c1-6-9-13-20-39-30(38)26-25-28(36)34(24(21-35)23-15-11-10-12-16-23)27(32(25)18-17-31(26,5)40-32)29(37)33(19-8-3)22(4)14-7-2/h6,8,10-12,15-16,22,24-27,35H,1,3,7,9,13-14,17-21H2,2,4-5H3/t22?,24-,25+,26+,27?,31-,32?/m1/s1. The van der Waals surface area contributed by atoms with Crippen molar-refractivity contribution in [3.63, 3.8) is 0 Å². The predicted molar refractivity (Wildman–Crippen MR) is 159 cm³/mol. The first-order chi connectivity index (χ1) is 19.2. The second-order valence-electron chi connectivity index (χ2n) is 11.6. The number of nitrogens with zero attached hydrogens (tertiary/aromatic N) is 2. The van der Waals surface area contributed by atoms with E-state index in [2.05, 4.69) is 20.1 Å². The molecule has 8 heteroatoms. The molecule has 3 heterocycles. The van der Waals surface area contributed by atoms with Crippen molar-refractivity contribution >= 4 is 29.5 Å². The number of allylic oxidation sites excluding steroid dienone is 1. The molecule has 2 amide bonds. The number of amides is 2. The van der Waals surface area contributed by atoms with Gasteiger partial charge in [-0.25, -0.2) is 0 Å². The Balaban J connectivity index is 1.80. The third-order valence-electron chi connectivity index (χ3n) is 9.04. The van der Waals surface area contributed by atoms with Crippen LogP contribution in [-0.4, -0.2) is 74.0 Å². The molecular formula is C32H44N2O5S. The van der Waals surface area contributed by atoms with Crippen LogP contribution in [0.25, 0.3) is 0 Å². The van der Waals surface area contributed by atoms with Crippen molar-refractivity contribution in [3.8, 4) is 0 Å². The predicted octanol–water partition coefficient (Wildman–Crippen LogP) is 4.91. The lowest BCUT2D eigenvalue weighted by atomic mass is 9.66. The Hall–Kier alpha value is -2.58. The number of hydrogen-bond acceptors (Lipinski definition) is 6. The lowest BCUT2D eigenvalue weighted by molar-refractivity contribution is -0.156. The summed E-state index contributed by atoms with van der Waals surface area (Å²) in [4.78, 5) is 46.3. The number of thioether (sulfide) groups is 1. The summed E-state index contributed by atoms with van der Waals surface area (Å²) in [5.74, 6) is -2.09. The van der Waals surface area contributed by atoms with Gasteiger partial charge in [0, 0.05) is 17.3 Å². The van der Waals surface area contributed by atoms with Crippen molar-refractivity contribution in [1.29, 1.82) is 0 Å². The first-order valence-electron chi connectivity index (χ1n) is 14.6. The summed E-state index contributed by atoms with van der Waals surface area (Å²) in [5.41, 5.74) is 0.763. The number of fused-ring (bicyclic) bond motifs is 1. The second kappa shape index (κ2) is 12.5. The van der Waals surface area contributed by atoms with E-state index in [1.807, 2.05) is 49.1 Å². The largest absolute Gasteiger partial charge is 0.465 e. The minimum Gasteiger partial charge on any atom is -0.465 e. The molecule has 4 rings (SSSR count). The molecule has 3 saturated heterocycles. The fourth-order valence-electron chi connectivity index (χ4n) is 7.21. The second-order valence-corrected chi connectivity index (χ2v) is 13.5. The number of unbranched alkanes of at least 4 members (excludes halogenated alkanes) is 1. The smallest absolute Gasteiger partial charge is 0.311 e. The number of aliphatic hydroxyl groups excluding tert-OH is 1. The van der Waals surface area contributed by atoms with Crippen LogP contribution in [0.15, 0.2) is 55.6 Å². The van der Waals surface area contributed by atoms with Gasteiger partial charge in [0.05, 0.1) is 35.8 Å². The summed E-state index contributed by atoms with van der Waals surface area (Å²) in [6.07, 6.45) is 8.04. The number of likely N-dealkylation sites (tertiary alicyclic amines) is 1. The Bertz CT molecular complexity index is 1110. The summed E-state index contributed by atoms with van der Waals surface area (Å²) in [6.45, 7) is 14.1. The minimum atomic E-state index is -0.813. The van der Waals surface area contributed by atoms with Crippen LogP contribution >= 0.6 is 11.8 Å². The molecule has 218 valence electrons. The van der Waals surface area contributed by atoms with E-state index in [-0.39, 0.29) is 37.0 Å². The highest BCUT2D eigenvalue weighted by molar-refractivity contribution is 8.02.